The standard InChI is InChI=1S/C18H13FS/c19-15-9-5-13(6-10-15)17-3-1-2-4-18(17)14-7-11-16(20)12-8-14/h1-12,20H. The summed E-state index contributed by atoms with van der Waals surface area (Å²) in [5.74, 6) is -0.217. The van der Waals surface area contributed by atoms with Crippen molar-refractivity contribution in [2.24, 2.45) is 0 Å². The summed E-state index contributed by atoms with van der Waals surface area (Å²) in [4.78, 5) is 0.938. The summed E-state index contributed by atoms with van der Waals surface area (Å²) < 4.78 is 13.1. The number of rotatable bonds is 2. The van der Waals surface area contributed by atoms with Crippen LogP contribution in [0.4, 0.5) is 4.39 Å². The number of halogens is 1. The first-order valence-electron chi connectivity index (χ1n) is 6.38. The minimum absolute atomic E-state index is 0.217. The van der Waals surface area contributed by atoms with Gasteiger partial charge in [-0.1, -0.05) is 48.5 Å². The van der Waals surface area contributed by atoms with Gasteiger partial charge < -0.3 is 0 Å². The van der Waals surface area contributed by atoms with Crippen molar-refractivity contribution in [1.82, 2.24) is 0 Å². The first-order valence-corrected chi connectivity index (χ1v) is 6.83. The highest BCUT2D eigenvalue weighted by Crippen LogP contribution is 2.32. The molecule has 0 bridgehead atoms. The molecule has 0 nitrogen and oxygen atoms in total. The van der Waals surface area contributed by atoms with Crippen LogP contribution < -0.4 is 0 Å². The van der Waals surface area contributed by atoms with Gasteiger partial charge in [-0.15, -0.1) is 12.6 Å². The van der Waals surface area contributed by atoms with Gasteiger partial charge >= 0.3 is 0 Å². The molecule has 0 aliphatic carbocycles. The molecule has 98 valence electrons. The summed E-state index contributed by atoms with van der Waals surface area (Å²) in [5.41, 5.74) is 4.37. The van der Waals surface area contributed by atoms with Crippen molar-refractivity contribution in [2.75, 3.05) is 0 Å². The second kappa shape index (κ2) is 5.51. The molecule has 0 amide bonds. The molecule has 3 aromatic carbocycles. The highest BCUT2D eigenvalue weighted by molar-refractivity contribution is 7.80. The Kier molecular flexibility index (Phi) is 3.57. The Balaban J connectivity index is 2.13. The SMILES string of the molecule is Fc1ccc(-c2ccccc2-c2ccc(S)cc2)cc1. The third-order valence-corrected chi connectivity index (χ3v) is 3.56. The fraction of sp³-hybridized carbons (Fsp3) is 0. The maximum absolute atomic E-state index is 13.1. The van der Waals surface area contributed by atoms with Crippen molar-refractivity contribution < 1.29 is 4.39 Å². The molecular weight excluding hydrogens is 267 g/mol. The minimum Gasteiger partial charge on any atom is -0.207 e. The molecule has 3 rings (SSSR count). The van der Waals surface area contributed by atoms with Gasteiger partial charge in [-0.05, 0) is 46.5 Å². The van der Waals surface area contributed by atoms with Crippen LogP contribution in [0, 0.1) is 5.82 Å². The molecule has 0 aromatic heterocycles. The molecule has 0 aliphatic rings. The maximum atomic E-state index is 13.1. The molecule has 0 saturated heterocycles. The van der Waals surface area contributed by atoms with Crippen LogP contribution in [0.5, 0.6) is 0 Å². The van der Waals surface area contributed by atoms with Crippen LogP contribution in [-0.4, -0.2) is 0 Å². The van der Waals surface area contributed by atoms with Gasteiger partial charge in [0, 0.05) is 4.90 Å². The lowest BCUT2D eigenvalue weighted by Crippen LogP contribution is -1.85. The minimum atomic E-state index is -0.217. The maximum Gasteiger partial charge on any atom is 0.123 e. The van der Waals surface area contributed by atoms with Gasteiger partial charge in [0.2, 0.25) is 0 Å². The molecule has 0 saturated carbocycles. The van der Waals surface area contributed by atoms with Crippen molar-refractivity contribution >= 4 is 12.6 Å². The summed E-state index contributed by atoms with van der Waals surface area (Å²) >= 11 is 4.31. The molecule has 0 unspecified atom stereocenters. The first kappa shape index (κ1) is 12.9. The van der Waals surface area contributed by atoms with Crippen molar-refractivity contribution in [3.63, 3.8) is 0 Å². The molecule has 2 heteroatoms. The van der Waals surface area contributed by atoms with Crippen LogP contribution in [0.25, 0.3) is 22.3 Å². The predicted molar refractivity (Wildman–Crippen MR) is 84.5 cm³/mol. The van der Waals surface area contributed by atoms with Crippen LogP contribution in [0.1, 0.15) is 0 Å². The summed E-state index contributed by atoms with van der Waals surface area (Å²) in [6.45, 7) is 0. The largest absolute Gasteiger partial charge is 0.207 e. The molecule has 0 atom stereocenters. The Morgan fingerprint density at radius 3 is 1.55 bits per heavy atom. The van der Waals surface area contributed by atoms with E-state index < -0.39 is 0 Å². The zero-order valence-electron chi connectivity index (χ0n) is 10.8. The van der Waals surface area contributed by atoms with E-state index in [0.717, 1.165) is 27.1 Å². The van der Waals surface area contributed by atoms with Crippen LogP contribution in [0.2, 0.25) is 0 Å². The lowest BCUT2D eigenvalue weighted by atomic mass is 9.95. The van der Waals surface area contributed by atoms with E-state index in [-0.39, 0.29) is 5.82 Å². The lowest BCUT2D eigenvalue weighted by molar-refractivity contribution is 0.628. The van der Waals surface area contributed by atoms with Crippen LogP contribution in [0.15, 0.2) is 77.7 Å². The number of thiol groups is 1. The van der Waals surface area contributed by atoms with Crippen molar-refractivity contribution in [2.45, 2.75) is 4.90 Å². The first-order chi connectivity index (χ1) is 9.74. The highest BCUT2D eigenvalue weighted by atomic mass is 32.1. The lowest BCUT2D eigenvalue weighted by Gasteiger charge is -2.10. The quantitative estimate of drug-likeness (QED) is 0.593. The molecule has 0 heterocycles. The van der Waals surface area contributed by atoms with Gasteiger partial charge in [0.25, 0.3) is 0 Å². The van der Waals surface area contributed by atoms with Crippen molar-refractivity contribution in [3.05, 3.63) is 78.6 Å². The Hall–Kier alpha value is -2.06. The number of hydrogen-bond acceptors (Lipinski definition) is 1. The van der Waals surface area contributed by atoms with Crippen molar-refractivity contribution in [1.29, 1.82) is 0 Å². The fourth-order valence-corrected chi connectivity index (χ4v) is 2.41. The molecule has 20 heavy (non-hydrogen) atoms. The zero-order chi connectivity index (χ0) is 13.9. The molecular formula is C18H13FS. The molecule has 0 radical (unpaired) electrons. The molecule has 0 N–H and O–H groups in total. The molecule has 0 spiro atoms. The smallest absolute Gasteiger partial charge is 0.123 e. The third-order valence-electron chi connectivity index (χ3n) is 3.26. The van der Waals surface area contributed by atoms with Gasteiger partial charge in [0.05, 0.1) is 0 Å². The summed E-state index contributed by atoms with van der Waals surface area (Å²) in [7, 11) is 0. The van der Waals surface area contributed by atoms with Crippen LogP contribution in [0.3, 0.4) is 0 Å². The Labute approximate surface area is 123 Å². The average Bonchev–Trinajstić information content (AvgIpc) is 2.49. The normalized spacial score (nSPS) is 10.5. The monoisotopic (exact) mass is 280 g/mol. The van der Waals surface area contributed by atoms with Gasteiger partial charge in [0.1, 0.15) is 5.82 Å². The van der Waals surface area contributed by atoms with Gasteiger partial charge in [-0.3, -0.25) is 0 Å². The number of hydrogen-bond donors (Lipinski definition) is 1. The highest BCUT2D eigenvalue weighted by Gasteiger charge is 2.06. The summed E-state index contributed by atoms with van der Waals surface area (Å²) in [6, 6.07) is 22.8. The fourth-order valence-electron chi connectivity index (χ4n) is 2.26. The van der Waals surface area contributed by atoms with Gasteiger partial charge in [-0.2, -0.15) is 0 Å². The molecule has 3 aromatic rings. The second-order valence-electron chi connectivity index (χ2n) is 4.60. The Morgan fingerprint density at radius 2 is 1.05 bits per heavy atom. The van der Waals surface area contributed by atoms with E-state index in [9.17, 15) is 4.39 Å². The van der Waals surface area contributed by atoms with Gasteiger partial charge in [-0.25, -0.2) is 4.39 Å². The summed E-state index contributed by atoms with van der Waals surface area (Å²) in [6.07, 6.45) is 0. The van der Waals surface area contributed by atoms with E-state index >= 15 is 0 Å². The van der Waals surface area contributed by atoms with E-state index in [0.29, 0.717) is 0 Å². The molecule has 0 fully saturated rings. The van der Waals surface area contributed by atoms with Crippen LogP contribution in [-0.2, 0) is 0 Å². The van der Waals surface area contributed by atoms with E-state index in [1.54, 1.807) is 12.1 Å². The Bertz CT molecular complexity index is 651. The Morgan fingerprint density at radius 1 is 0.600 bits per heavy atom. The van der Waals surface area contributed by atoms with E-state index in [1.165, 1.54) is 12.1 Å². The van der Waals surface area contributed by atoms with E-state index in [1.807, 2.05) is 36.4 Å². The zero-order valence-corrected chi connectivity index (χ0v) is 11.6. The topological polar surface area (TPSA) is 0 Å². The van der Waals surface area contributed by atoms with Crippen LogP contribution >= 0.6 is 12.6 Å². The van der Waals surface area contributed by atoms with Gasteiger partial charge in [0.15, 0.2) is 0 Å². The third kappa shape index (κ3) is 2.61. The summed E-state index contributed by atoms with van der Waals surface area (Å²) in [5, 5.41) is 0. The predicted octanol–water partition coefficient (Wildman–Crippen LogP) is 5.45. The van der Waals surface area contributed by atoms with Crippen molar-refractivity contribution in [3.8, 4) is 22.3 Å². The number of benzene rings is 3. The average molecular weight is 280 g/mol. The van der Waals surface area contributed by atoms with E-state index in [4.69, 9.17) is 0 Å². The molecule has 0 aliphatic heterocycles. The second-order valence-corrected chi connectivity index (χ2v) is 5.12. The van der Waals surface area contributed by atoms with E-state index in [2.05, 4.69) is 24.8 Å².